The Morgan fingerprint density at radius 1 is 1.42 bits per heavy atom. The largest absolute Gasteiger partial charge is 0.387 e. The van der Waals surface area contributed by atoms with Crippen molar-refractivity contribution in [2.75, 3.05) is 35.9 Å². The number of amides is 2. The molecule has 0 aromatic heterocycles. The SMILES string of the molecule is Cc1ccc(NS(C)(=O)=O)cc1NC(=O)NC[C@]1(O)CCCNC1. The standard InChI is InChI=1S/C15H24N4O4S/c1-11-4-5-12(19-24(2,22)23)8-13(11)18-14(20)17-10-15(21)6-3-7-16-9-15/h4-5,8,16,19,21H,3,6-7,9-10H2,1-2H3,(H2,17,18,20)/t15-/m0/s1. The van der Waals surface area contributed by atoms with E-state index in [-0.39, 0.29) is 6.54 Å². The van der Waals surface area contributed by atoms with Crippen LogP contribution >= 0.6 is 0 Å². The molecule has 0 bridgehead atoms. The number of piperidine rings is 1. The number of hydrogen-bond donors (Lipinski definition) is 5. The maximum absolute atomic E-state index is 12.1. The summed E-state index contributed by atoms with van der Waals surface area (Å²) in [4.78, 5) is 12.1. The van der Waals surface area contributed by atoms with Crippen LogP contribution in [0.2, 0.25) is 0 Å². The normalized spacial score (nSPS) is 21.1. The van der Waals surface area contributed by atoms with Gasteiger partial charge in [0.05, 0.1) is 17.5 Å². The number of rotatable bonds is 5. The van der Waals surface area contributed by atoms with Crippen LogP contribution in [0.4, 0.5) is 16.2 Å². The number of aryl methyl sites for hydroxylation is 1. The summed E-state index contributed by atoms with van der Waals surface area (Å²) in [6, 6.07) is 4.43. The van der Waals surface area contributed by atoms with Crippen LogP contribution in [-0.4, -0.2) is 51.0 Å². The topological polar surface area (TPSA) is 120 Å². The third-order valence-electron chi connectivity index (χ3n) is 3.82. The van der Waals surface area contributed by atoms with E-state index >= 15 is 0 Å². The van der Waals surface area contributed by atoms with Crippen molar-refractivity contribution in [3.8, 4) is 0 Å². The summed E-state index contributed by atoms with van der Waals surface area (Å²) in [6.07, 6.45) is 2.55. The zero-order chi connectivity index (χ0) is 17.8. The van der Waals surface area contributed by atoms with Crippen LogP contribution < -0.4 is 20.7 Å². The van der Waals surface area contributed by atoms with Gasteiger partial charge in [-0.25, -0.2) is 13.2 Å². The van der Waals surface area contributed by atoms with Crippen molar-refractivity contribution in [3.63, 3.8) is 0 Å². The zero-order valence-corrected chi connectivity index (χ0v) is 14.7. The molecule has 0 spiro atoms. The van der Waals surface area contributed by atoms with Gasteiger partial charge in [-0.3, -0.25) is 4.72 Å². The molecule has 9 heteroatoms. The molecule has 8 nitrogen and oxygen atoms in total. The molecule has 1 aliphatic heterocycles. The highest BCUT2D eigenvalue weighted by molar-refractivity contribution is 7.92. The van der Waals surface area contributed by atoms with Crippen LogP contribution in [0, 0.1) is 6.92 Å². The lowest BCUT2D eigenvalue weighted by atomic mass is 9.94. The number of carbonyl (C=O) groups is 1. The van der Waals surface area contributed by atoms with E-state index in [1.807, 2.05) is 0 Å². The van der Waals surface area contributed by atoms with Crippen LogP contribution in [0.25, 0.3) is 0 Å². The van der Waals surface area contributed by atoms with Gasteiger partial charge in [0.25, 0.3) is 0 Å². The van der Waals surface area contributed by atoms with Crippen LogP contribution in [0.15, 0.2) is 18.2 Å². The molecule has 1 aliphatic rings. The molecule has 1 saturated heterocycles. The molecule has 134 valence electrons. The maximum atomic E-state index is 12.1. The van der Waals surface area contributed by atoms with E-state index in [1.165, 1.54) is 0 Å². The molecule has 5 N–H and O–H groups in total. The monoisotopic (exact) mass is 356 g/mol. The first kappa shape index (κ1) is 18.5. The first-order chi connectivity index (χ1) is 11.2. The smallest absolute Gasteiger partial charge is 0.319 e. The van der Waals surface area contributed by atoms with E-state index in [0.717, 1.165) is 24.8 Å². The second-order valence-corrected chi connectivity index (χ2v) is 7.96. The van der Waals surface area contributed by atoms with Crippen molar-refractivity contribution in [1.29, 1.82) is 0 Å². The molecule has 2 rings (SSSR count). The fraction of sp³-hybridized carbons (Fsp3) is 0.533. The number of urea groups is 1. The highest BCUT2D eigenvalue weighted by atomic mass is 32.2. The lowest BCUT2D eigenvalue weighted by Gasteiger charge is -2.32. The Kier molecular flexibility index (Phi) is 5.68. The second kappa shape index (κ2) is 7.37. The maximum Gasteiger partial charge on any atom is 0.319 e. The lowest BCUT2D eigenvalue weighted by Crippen LogP contribution is -2.53. The summed E-state index contributed by atoms with van der Waals surface area (Å²) in [5.41, 5.74) is 0.718. The summed E-state index contributed by atoms with van der Waals surface area (Å²) < 4.78 is 24.9. The molecule has 0 saturated carbocycles. The average molecular weight is 356 g/mol. The van der Waals surface area contributed by atoms with E-state index in [2.05, 4.69) is 20.7 Å². The number of aliphatic hydroxyl groups is 1. The number of β-amino-alcohol motifs (C(OH)–C–C–N with tert-alkyl or cyclic N) is 1. The number of anilines is 2. The van der Waals surface area contributed by atoms with Gasteiger partial charge in [-0.1, -0.05) is 6.07 Å². The molecule has 2 amide bonds. The molecular weight excluding hydrogens is 332 g/mol. The highest BCUT2D eigenvalue weighted by Crippen LogP contribution is 2.21. The van der Waals surface area contributed by atoms with E-state index in [1.54, 1.807) is 25.1 Å². The van der Waals surface area contributed by atoms with Crippen LogP contribution in [0.5, 0.6) is 0 Å². The molecule has 1 heterocycles. The minimum absolute atomic E-state index is 0.145. The van der Waals surface area contributed by atoms with Crippen molar-refractivity contribution in [2.45, 2.75) is 25.4 Å². The van der Waals surface area contributed by atoms with Gasteiger partial charge in [0.15, 0.2) is 0 Å². The molecule has 1 fully saturated rings. The minimum Gasteiger partial charge on any atom is -0.387 e. The number of hydrogen-bond acceptors (Lipinski definition) is 5. The minimum atomic E-state index is -3.39. The van der Waals surface area contributed by atoms with Gasteiger partial charge in [-0.15, -0.1) is 0 Å². The molecule has 1 atom stereocenters. The summed E-state index contributed by atoms with van der Waals surface area (Å²) in [6.45, 7) is 3.26. The number of benzene rings is 1. The number of sulfonamides is 1. The molecule has 1 aromatic rings. The highest BCUT2D eigenvalue weighted by Gasteiger charge is 2.29. The van der Waals surface area contributed by atoms with E-state index in [9.17, 15) is 18.3 Å². The zero-order valence-electron chi connectivity index (χ0n) is 13.8. The van der Waals surface area contributed by atoms with Gasteiger partial charge in [0, 0.05) is 18.8 Å². The van der Waals surface area contributed by atoms with E-state index < -0.39 is 21.7 Å². The van der Waals surface area contributed by atoms with Gasteiger partial charge in [0.1, 0.15) is 0 Å². The molecular formula is C15H24N4O4S. The third-order valence-corrected chi connectivity index (χ3v) is 4.42. The Balaban J connectivity index is 1.96. The summed E-state index contributed by atoms with van der Waals surface area (Å²) in [7, 11) is -3.39. The Labute approximate surface area is 142 Å². The average Bonchev–Trinajstić information content (AvgIpc) is 2.48. The quantitative estimate of drug-likeness (QED) is 0.529. The molecule has 0 radical (unpaired) electrons. The summed E-state index contributed by atoms with van der Waals surface area (Å²) >= 11 is 0. The fourth-order valence-corrected chi connectivity index (χ4v) is 3.10. The van der Waals surface area contributed by atoms with Crippen molar-refractivity contribution >= 4 is 27.4 Å². The van der Waals surface area contributed by atoms with Gasteiger partial charge < -0.3 is 21.1 Å². The second-order valence-electron chi connectivity index (χ2n) is 6.22. The lowest BCUT2D eigenvalue weighted by molar-refractivity contribution is 0.0198. The molecule has 0 aliphatic carbocycles. The summed E-state index contributed by atoms with van der Waals surface area (Å²) in [5.74, 6) is 0. The predicted octanol–water partition coefficient (Wildman–Crippen LogP) is 0.603. The Morgan fingerprint density at radius 3 is 2.79 bits per heavy atom. The van der Waals surface area contributed by atoms with Crippen LogP contribution in [0.1, 0.15) is 18.4 Å². The fourth-order valence-electron chi connectivity index (χ4n) is 2.55. The van der Waals surface area contributed by atoms with Crippen molar-refractivity contribution in [3.05, 3.63) is 23.8 Å². The van der Waals surface area contributed by atoms with Crippen LogP contribution in [0.3, 0.4) is 0 Å². The Hall–Kier alpha value is -1.84. The first-order valence-corrected chi connectivity index (χ1v) is 9.62. The van der Waals surface area contributed by atoms with E-state index in [4.69, 9.17) is 0 Å². The van der Waals surface area contributed by atoms with E-state index in [0.29, 0.717) is 24.3 Å². The van der Waals surface area contributed by atoms with Crippen molar-refractivity contribution < 1.29 is 18.3 Å². The molecule has 1 aromatic carbocycles. The van der Waals surface area contributed by atoms with Gasteiger partial charge in [0.2, 0.25) is 10.0 Å². The van der Waals surface area contributed by atoms with Crippen molar-refractivity contribution in [2.24, 2.45) is 0 Å². The van der Waals surface area contributed by atoms with Crippen LogP contribution in [-0.2, 0) is 10.0 Å². The first-order valence-electron chi connectivity index (χ1n) is 7.73. The number of nitrogens with one attached hydrogen (secondary N) is 4. The van der Waals surface area contributed by atoms with Gasteiger partial charge in [-0.2, -0.15) is 0 Å². The van der Waals surface area contributed by atoms with Gasteiger partial charge >= 0.3 is 6.03 Å². The predicted molar refractivity (Wildman–Crippen MR) is 93.7 cm³/mol. The summed E-state index contributed by atoms with van der Waals surface area (Å²) in [5, 5.41) is 18.8. The Morgan fingerprint density at radius 2 is 2.17 bits per heavy atom. The number of carbonyl (C=O) groups excluding carboxylic acids is 1. The third kappa shape index (κ3) is 5.66. The van der Waals surface area contributed by atoms with Crippen molar-refractivity contribution in [1.82, 2.24) is 10.6 Å². The van der Waals surface area contributed by atoms with Gasteiger partial charge in [-0.05, 0) is 44.0 Å². The Bertz CT molecular complexity index is 699. The molecule has 24 heavy (non-hydrogen) atoms. The molecule has 0 unspecified atom stereocenters.